The van der Waals surface area contributed by atoms with Crippen molar-refractivity contribution in [2.24, 2.45) is 0 Å². The number of carbonyl (C=O) groups is 1. The number of aryl methyl sites for hydroxylation is 2. The lowest BCUT2D eigenvalue weighted by Crippen LogP contribution is -2.13. The van der Waals surface area contributed by atoms with Crippen molar-refractivity contribution in [1.29, 1.82) is 0 Å². The molecule has 2 aromatic carbocycles. The highest BCUT2D eigenvalue weighted by Gasteiger charge is 2.09. The van der Waals surface area contributed by atoms with Gasteiger partial charge in [-0.2, -0.15) is 0 Å². The van der Waals surface area contributed by atoms with Crippen molar-refractivity contribution >= 4 is 11.6 Å². The Morgan fingerprint density at radius 3 is 2.62 bits per heavy atom. The second kappa shape index (κ2) is 7.87. The molecule has 1 heterocycles. The maximum atomic E-state index is 13.3. The van der Waals surface area contributed by atoms with E-state index in [1.807, 2.05) is 43.3 Å². The first-order valence-electron chi connectivity index (χ1n) is 8.34. The van der Waals surface area contributed by atoms with Crippen molar-refractivity contribution in [3.05, 3.63) is 71.7 Å². The summed E-state index contributed by atoms with van der Waals surface area (Å²) in [6.45, 7) is 1.82. The van der Waals surface area contributed by atoms with Gasteiger partial charge in [-0.3, -0.25) is 4.79 Å². The van der Waals surface area contributed by atoms with E-state index >= 15 is 0 Å². The van der Waals surface area contributed by atoms with Gasteiger partial charge >= 0.3 is 0 Å². The van der Waals surface area contributed by atoms with Gasteiger partial charge in [-0.05, 0) is 61.0 Å². The molecule has 0 saturated carbocycles. The highest BCUT2D eigenvalue weighted by Crippen LogP contribution is 2.25. The monoisotopic (exact) mass is 353 g/mol. The lowest BCUT2D eigenvalue weighted by atomic mass is 10.1. The summed E-state index contributed by atoms with van der Waals surface area (Å²) in [5, 5.41) is 2.74. The molecule has 0 saturated heterocycles. The van der Waals surface area contributed by atoms with Crippen LogP contribution >= 0.6 is 0 Å². The van der Waals surface area contributed by atoms with Gasteiger partial charge in [0.2, 0.25) is 5.91 Å². The van der Waals surface area contributed by atoms with Gasteiger partial charge < -0.3 is 14.5 Å². The number of hydrogen-bond donors (Lipinski definition) is 1. The third kappa shape index (κ3) is 4.30. The molecule has 5 heteroatoms. The predicted molar refractivity (Wildman–Crippen MR) is 98.8 cm³/mol. The second-order valence-corrected chi connectivity index (χ2v) is 6.00. The molecule has 0 fully saturated rings. The lowest BCUT2D eigenvalue weighted by Gasteiger charge is -2.08. The van der Waals surface area contributed by atoms with E-state index in [4.69, 9.17) is 9.15 Å². The van der Waals surface area contributed by atoms with Crippen molar-refractivity contribution in [2.45, 2.75) is 19.8 Å². The van der Waals surface area contributed by atoms with Gasteiger partial charge in [0, 0.05) is 24.1 Å². The number of benzene rings is 2. The van der Waals surface area contributed by atoms with Crippen molar-refractivity contribution in [2.75, 3.05) is 12.4 Å². The first-order valence-corrected chi connectivity index (χ1v) is 8.34. The Labute approximate surface area is 151 Å². The molecule has 134 valence electrons. The first kappa shape index (κ1) is 17.7. The fourth-order valence-electron chi connectivity index (χ4n) is 2.60. The van der Waals surface area contributed by atoms with Gasteiger partial charge in [0.1, 0.15) is 23.1 Å². The molecule has 0 radical (unpaired) electrons. The quantitative estimate of drug-likeness (QED) is 0.680. The molecular formula is C21H20FNO3. The molecule has 26 heavy (non-hydrogen) atoms. The van der Waals surface area contributed by atoms with Gasteiger partial charge in [-0.1, -0.05) is 6.07 Å². The molecule has 1 aromatic heterocycles. The summed E-state index contributed by atoms with van der Waals surface area (Å²) < 4.78 is 24.2. The topological polar surface area (TPSA) is 51.5 Å². The van der Waals surface area contributed by atoms with E-state index < -0.39 is 0 Å². The SMILES string of the molecule is COc1ccc(-c2ccc(CCC(=O)Nc3cc(F)ccc3C)o2)cc1. The van der Waals surface area contributed by atoms with Crippen LogP contribution in [0.1, 0.15) is 17.7 Å². The van der Waals surface area contributed by atoms with Crippen LogP contribution in [0.2, 0.25) is 0 Å². The Kier molecular flexibility index (Phi) is 5.37. The number of amides is 1. The standard InChI is InChI=1S/C21H20FNO3/c1-14-3-6-16(22)13-19(14)23-21(24)12-10-18-9-11-20(26-18)15-4-7-17(25-2)8-5-15/h3-9,11,13H,10,12H2,1-2H3,(H,23,24). The molecule has 0 bridgehead atoms. The van der Waals surface area contributed by atoms with E-state index in [0.717, 1.165) is 28.4 Å². The van der Waals surface area contributed by atoms with E-state index in [-0.39, 0.29) is 18.1 Å². The summed E-state index contributed by atoms with van der Waals surface area (Å²) in [5.74, 6) is 1.69. The highest BCUT2D eigenvalue weighted by molar-refractivity contribution is 5.91. The van der Waals surface area contributed by atoms with Crippen LogP contribution in [-0.2, 0) is 11.2 Å². The van der Waals surface area contributed by atoms with Crippen LogP contribution in [0.15, 0.2) is 59.0 Å². The number of nitrogens with one attached hydrogen (secondary N) is 1. The van der Waals surface area contributed by atoms with Gasteiger partial charge in [-0.15, -0.1) is 0 Å². The van der Waals surface area contributed by atoms with Crippen LogP contribution in [0.25, 0.3) is 11.3 Å². The smallest absolute Gasteiger partial charge is 0.224 e. The number of halogens is 1. The van der Waals surface area contributed by atoms with Crippen LogP contribution in [0, 0.1) is 12.7 Å². The Balaban J connectivity index is 1.58. The Bertz CT molecular complexity index is 900. The maximum absolute atomic E-state index is 13.3. The number of rotatable bonds is 6. The minimum absolute atomic E-state index is 0.180. The molecule has 4 nitrogen and oxygen atoms in total. The van der Waals surface area contributed by atoms with E-state index in [1.54, 1.807) is 13.2 Å². The van der Waals surface area contributed by atoms with Gasteiger partial charge in [-0.25, -0.2) is 4.39 Å². The largest absolute Gasteiger partial charge is 0.497 e. The Morgan fingerprint density at radius 2 is 1.88 bits per heavy atom. The zero-order valence-corrected chi connectivity index (χ0v) is 14.7. The van der Waals surface area contributed by atoms with Gasteiger partial charge in [0.05, 0.1) is 7.11 Å². The summed E-state index contributed by atoms with van der Waals surface area (Å²) in [4.78, 5) is 12.1. The number of furan rings is 1. The summed E-state index contributed by atoms with van der Waals surface area (Å²) in [7, 11) is 1.62. The molecule has 0 aliphatic carbocycles. The average Bonchev–Trinajstić information content (AvgIpc) is 3.12. The van der Waals surface area contributed by atoms with E-state index in [2.05, 4.69) is 5.32 Å². The van der Waals surface area contributed by atoms with E-state index in [0.29, 0.717) is 12.1 Å². The number of ether oxygens (including phenoxy) is 1. The summed E-state index contributed by atoms with van der Waals surface area (Å²) in [6.07, 6.45) is 0.724. The molecular weight excluding hydrogens is 333 g/mol. The van der Waals surface area contributed by atoms with Crippen molar-refractivity contribution in [1.82, 2.24) is 0 Å². The summed E-state index contributed by atoms with van der Waals surface area (Å²) in [5.41, 5.74) is 2.25. The minimum Gasteiger partial charge on any atom is -0.497 e. The Morgan fingerprint density at radius 1 is 1.12 bits per heavy atom. The molecule has 1 N–H and O–H groups in total. The molecule has 1 amide bonds. The zero-order valence-electron chi connectivity index (χ0n) is 14.7. The highest BCUT2D eigenvalue weighted by atomic mass is 19.1. The molecule has 3 rings (SSSR count). The lowest BCUT2D eigenvalue weighted by molar-refractivity contribution is -0.116. The van der Waals surface area contributed by atoms with E-state index in [9.17, 15) is 9.18 Å². The van der Waals surface area contributed by atoms with Crippen LogP contribution in [0.5, 0.6) is 5.75 Å². The number of hydrogen-bond acceptors (Lipinski definition) is 3. The normalized spacial score (nSPS) is 10.6. The molecule has 0 spiro atoms. The minimum atomic E-state index is -0.374. The average molecular weight is 353 g/mol. The van der Waals surface area contributed by atoms with Crippen LogP contribution in [0.3, 0.4) is 0 Å². The zero-order chi connectivity index (χ0) is 18.5. The number of methoxy groups -OCH3 is 1. The summed E-state index contributed by atoms with van der Waals surface area (Å²) >= 11 is 0. The molecule has 0 aliphatic heterocycles. The van der Waals surface area contributed by atoms with Crippen LogP contribution < -0.4 is 10.1 Å². The predicted octanol–water partition coefficient (Wildman–Crippen LogP) is 4.97. The van der Waals surface area contributed by atoms with Gasteiger partial charge in [0.15, 0.2) is 0 Å². The van der Waals surface area contributed by atoms with Crippen LogP contribution in [0.4, 0.5) is 10.1 Å². The van der Waals surface area contributed by atoms with Gasteiger partial charge in [0.25, 0.3) is 0 Å². The van der Waals surface area contributed by atoms with Crippen LogP contribution in [-0.4, -0.2) is 13.0 Å². The molecule has 0 aliphatic rings. The third-order valence-electron chi connectivity index (χ3n) is 4.11. The summed E-state index contributed by atoms with van der Waals surface area (Å²) in [6, 6.07) is 15.6. The fourth-order valence-corrected chi connectivity index (χ4v) is 2.60. The van der Waals surface area contributed by atoms with Crippen molar-refractivity contribution < 1.29 is 18.3 Å². The van der Waals surface area contributed by atoms with Crippen molar-refractivity contribution in [3.63, 3.8) is 0 Å². The third-order valence-corrected chi connectivity index (χ3v) is 4.11. The number of anilines is 1. The molecule has 3 aromatic rings. The van der Waals surface area contributed by atoms with Crippen molar-refractivity contribution in [3.8, 4) is 17.1 Å². The van der Waals surface area contributed by atoms with E-state index in [1.165, 1.54) is 12.1 Å². The maximum Gasteiger partial charge on any atom is 0.224 e. The number of carbonyl (C=O) groups excluding carboxylic acids is 1. The first-order chi connectivity index (χ1) is 12.5. The molecule has 0 atom stereocenters. The second-order valence-electron chi connectivity index (χ2n) is 6.00. The molecule has 0 unspecified atom stereocenters. The Hall–Kier alpha value is -3.08. The fraction of sp³-hybridized carbons (Fsp3) is 0.190.